The first-order valence-corrected chi connectivity index (χ1v) is 11.8. The lowest BCUT2D eigenvalue weighted by molar-refractivity contribution is 0.598. The van der Waals surface area contributed by atoms with E-state index in [1.54, 1.807) is 18.4 Å². The summed E-state index contributed by atoms with van der Waals surface area (Å²) in [5.41, 5.74) is 1.31. The molecule has 0 fully saturated rings. The fraction of sp³-hybridized carbons (Fsp3) is 0.286. The molecule has 10 heteroatoms. The number of aromatic nitrogens is 2. The Morgan fingerprint density at radius 3 is 2.38 bits per heavy atom. The molecule has 0 bridgehead atoms. The standard InChI is InChI=1S/C14H16ClN3O3S3/c1-10-4-6-12(7-5-10)24(20,21)18-23(3,19)9-11-8-13(15)17-14(16-11)22-2/h4-8H,9H2,1-3H3. The number of rotatable bonds is 5. The third-order valence-electron chi connectivity index (χ3n) is 2.90. The fourth-order valence-electron chi connectivity index (χ4n) is 1.87. The molecule has 1 aromatic carbocycles. The van der Waals surface area contributed by atoms with Gasteiger partial charge in [0.05, 0.1) is 26.1 Å². The van der Waals surface area contributed by atoms with Gasteiger partial charge in [0.15, 0.2) is 5.16 Å². The van der Waals surface area contributed by atoms with E-state index in [-0.39, 0.29) is 15.8 Å². The van der Waals surface area contributed by atoms with Gasteiger partial charge >= 0.3 is 0 Å². The monoisotopic (exact) mass is 405 g/mol. The summed E-state index contributed by atoms with van der Waals surface area (Å²) in [7, 11) is -7.08. The molecule has 0 spiro atoms. The van der Waals surface area contributed by atoms with E-state index in [0.29, 0.717) is 10.9 Å². The Bertz CT molecular complexity index is 967. The molecule has 0 amide bonds. The second-order valence-corrected chi connectivity index (χ2v) is 10.5. The molecule has 1 atom stereocenters. The van der Waals surface area contributed by atoms with Gasteiger partial charge in [-0.25, -0.2) is 14.2 Å². The van der Waals surface area contributed by atoms with E-state index in [2.05, 4.69) is 13.7 Å². The minimum absolute atomic E-state index is 0.00759. The molecular weight excluding hydrogens is 390 g/mol. The zero-order chi connectivity index (χ0) is 18.0. The number of halogens is 1. The van der Waals surface area contributed by atoms with E-state index < -0.39 is 19.8 Å². The second kappa shape index (κ2) is 7.38. The maximum absolute atomic E-state index is 12.7. The van der Waals surface area contributed by atoms with Crippen molar-refractivity contribution in [2.24, 2.45) is 3.77 Å². The second-order valence-electron chi connectivity index (χ2n) is 5.14. The molecule has 6 nitrogen and oxygen atoms in total. The van der Waals surface area contributed by atoms with Crippen molar-refractivity contribution in [3.63, 3.8) is 0 Å². The molecule has 1 aromatic heterocycles. The summed E-state index contributed by atoms with van der Waals surface area (Å²) in [5, 5.41) is 0.634. The highest BCUT2D eigenvalue weighted by Crippen LogP contribution is 2.19. The van der Waals surface area contributed by atoms with Crippen molar-refractivity contribution in [3.8, 4) is 0 Å². The first-order valence-electron chi connectivity index (χ1n) is 6.71. The molecule has 0 saturated carbocycles. The summed E-state index contributed by atoms with van der Waals surface area (Å²) in [5.74, 6) is -0.131. The van der Waals surface area contributed by atoms with Gasteiger partial charge in [-0.3, -0.25) is 0 Å². The Morgan fingerprint density at radius 2 is 1.79 bits per heavy atom. The third-order valence-corrected chi connectivity index (χ3v) is 7.39. The summed E-state index contributed by atoms with van der Waals surface area (Å²) in [4.78, 5) is 8.18. The van der Waals surface area contributed by atoms with E-state index in [4.69, 9.17) is 11.6 Å². The number of sulfonamides is 1. The largest absolute Gasteiger partial charge is 0.290 e. The van der Waals surface area contributed by atoms with Crippen LogP contribution in [-0.4, -0.2) is 35.1 Å². The summed E-state index contributed by atoms with van der Waals surface area (Å²) < 4.78 is 40.9. The van der Waals surface area contributed by atoms with Crippen molar-refractivity contribution < 1.29 is 12.6 Å². The van der Waals surface area contributed by atoms with Crippen LogP contribution in [0.1, 0.15) is 11.3 Å². The molecule has 0 aliphatic carbocycles. The third kappa shape index (κ3) is 5.17. The van der Waals surface area contributed by atoms with Crippen LogP contribution in [0.15, 0.2) is 44.2 Å². The lowest BCUT2D eigenvalue weighted by Gasteiger charge is -2.06. The number of aryl methyl sites for hydroxylation is 1. The minimum atomic E-state index is -4.01. The highest BCUT2D eigenvalue weighted by Gasteiger charge is 2.17. The maximum Gasteiger partial charge on any atom is 0.290 e. The van der Waals surface area contributed by atoms with Gasteiger partial charge in [-0.05, 0) is 31.4 Å². The Balaban J connectivity index is 2.38. The molecule has 0 aliphatic heterocycles. The predicted octanol–water partition coefficient (Wildman–Crippen LogP) is 3.15. The Morgan fingerprint density at radius 1 is 1.17 bits per heavy atom. The van der Waals surface area contributed by atoms with Crippen LogP contribution in [-0.2, 0) is 25.5 Å². The smallest absolute Gasteiger partial charge is 0.249 e. The van der Waals surface area contributed by atoms with E-state index in [1.165, 1.54) is 36.2 Å². The average molecular weight is 406 g/mol. The van der Waals surface area contributed by atoms with Crippen LogP contribution in [0.25, 0.3) is 0 Å². The Labute approximate surface area is 151 Å². The van der Waals surface area contributed by atoms with Crippen molar-refractivity contribution in [1.29, 1.82) is 0 Å². The van der Waals surface area contributed by atoms with E-state index in [9.17, 15) is 12.6 Å². The lowest BCUT2D eigenvalue weighted by atomic mass is 10.2. The molecule has 0 radical (unpaired) electrons. The summed E-state index contributed by atoms with van der Waals surface area (Å²) >= 11 is 7.18. The van der Waals surface area contributed by atoms with Gasteiger partial charge in [0, 0.05) is 6.26 Å². The molecular formula is C14H16ClN3O3S3. The zero-order valence-electron chi connectivity index (χ0n) is 13.3. The summed E-state index contributed by atoms with van der Waals surface area (Å²) in [6.45, 7) is 1.85. The van der Waals surface area contributed by atoms with Crippen LogP contribution in [0.2, 0.25) is 5.15 Å². The molecule has 1 heterocycles. The first-order chi connectivity index (χ1) is 11.1. The van der Waals surface area contributed by atoms with E-state index >= 15 is 0 Å². The van der Waals surface area contributed by atoms with Crippen LogP contribution in [0.5, 0.6) is 0 Å². The summed E-state index contributed by atoms with van der Waals surface area (Å²) in [6.07, 6.45) is 3.07. The highest BCUT2D eigenvalue weighted by molar-refractivity contribution is 8.02. The van der Waals surface area contributed by atoms with E-state index in [0.717, 1.165) is 5.56 Å². The molecule has 0 aliphatic rings. The quantitative estimate of drug-likeness (QED) is 0.431. The number of benzene rings is 1. The van der Waals surface area contributed by atoms with Crippen molar-refractivity contribution in [3.05, 3.63) is 46.7 Å². The average Bonchev–Trinajstić information content (AvgIpc) is 2.45. The van der Waals surface area contributed by atoms with E-state index in [1.807, 2.05) is 6.92 Å². The lowest BCUT2D eigenvalue weighted by Crippen LogP contribution is -2.08. The van der Waals surface area contributed by atoms with Gasteiger partial charge < -0.3 is 0 Å². The van der Waals surface area contributed by atoms with Crippen LogP contribution in [0.4, 0.5) is 0 Å². The highest BCUT2D eigenvalue weighted by atomic mass is 35.5. The van der Waals surface area contributed by atoms with Gasteiger partial charge in [0.25, 0.3) is 10.0 Å². The van der Waals surface area contributed by atoms with Crippen LogP contribution >= 0.6 is 23.4 Å². The normalized spacial score (nSPS) is 14.2. The van der Waals surface area contributed by atoms with Gasteiger partial charge in [0.1, 0.15) is 5.15 Å². The van der Waals surface area contributed by atoms with Gasteiger partial charge in [0.2, 0.25) is 0 Å². The minimum Gasteiger partial charge on any atom is -0.249 e. The van der Waals surface area contributed by atoms with Gasteiger partial charge in [-0.15, -0.1) is 3.77 Å². The number of hydrogen-bond donors (Lipinski definition) is 0. The molecule has 1 unspecified atom stereocenters. The maximum atomic E-state index is 12.7. The van der Waals surface area contributed by atoms with Gasteiger partial charge in [-0.2, -0.15) is 8.42 Å². The summed E-state index contributed by atoms with van der Waals surface area (Å²) in [6, 6.07) is 7.66. The van der Waals surface area contributed by atoms with Crippen molar-refractivity contribution in [2.75, 3.05) is 12.5 Å². The predicted molar refractivity (Wildman–Crippen MR) is 97.4 cm³/mol. The SMILES string of the molecule is CSc1nc(Cl)cc(CS(C)(=O)=NS(=O)(=O)c2ccc(C)cc2)n1. The molecule has 24 heavy (non-hydrogen) atoms. The number of hydrogen-bond acceptors (Lipinski definition) is 6. The Hall–Kier alpha value is -1.16. The molecule has 130 valence electrons. The first kappa shape index (κ1) is 19.2. The van der Waals surface area contributed by atoms with Crippen molar-refractivity contribution >= 4 is 43.1 Å². The van der Waals surface area contributed by atoms with Crippen LogP contribution in [0.3, 0.4) is 0 Å². The van der Waals surface area contributed by atoms with Crippen LogP contribution in [0, 0.1) is 6.92 Å². The number of nitrogens with zero attached hydrogens (tertiary/aromatic N) is 3. The van der Waals surface area contributed by atoms with Crippen molar-refractivity contribution in [2.45, 2.75) is 22.7 Å². The number of thioether (sulfide) groups is 1. The molecule has 2 aromatic rings. The van der Waals surface area contributed by atoms with Gasteiger partial charge in [-0.1, -0.05) is 41.1 Å². The van der Waals surface area contributed by atoms with Crippen LogP contribution < -0.4 is 0 Å². The van der Waals surface area contributed by atoms with Crippen molar-refractivity contribution in [1.82, 2.24) is 9.97 Å². The zero-order valence-corrected chi connectivity index (χ0v) is 16.5. The molecule has 2 rings (SSSR count). The topological polar surface area (TPSA) is 89.4 Å². The Kier molecular flexibility index (Phi) is 5.90. The molecule has 0 N–H and O–H groups in total. The fourth-order valence-corrected chi connectivity index (χ4v) is 5.91. The molecule has 0 saturated heterocycles.